The smallest absolute Gasteiger partial charge is 0.165 e. The Morgan fingerprint density at radius 2 is 0.982 bits per heavy atom. The second-order valence-corrected chi connectivity index (χ2v) is 14.6. The lowest BCUT2D eigenvalue weighted by molar-refractivity contribution is 1.08. The molecule has 56 heavy (non-hydrogen) atoms. The predicted octanol–water partition coefficient (Wildman–Crippen LogP) is 13.5. The van der Waals surface area contributed by atoms with Crippen LogP contribution in [0.3, 0.4) is 0 Å². The number of hydrogen-bond acceptors (Lipinski definition) is 2. The zero-order valence-electron chi connectivity index (χ0n) is 30.3. The fourth-order valence-corrected chi connectivity index (χ4v) is 8.96. The molecular weight excluding hydrogens is 681 g/mol. The van der Waals surface area contributed by atoms with Crippen molar-refractivity contribution in [1.29, 1.82) is 0 Å². The summed E-state index contributed by atoms with van der Waals surface area (Å²) in [7, 11) is 0. The molecule has 4 nitrogen and oxygen atoms in total. The van der Waals surface area contributed by atoms with E-state index in [1.54, 1.807) is 0 Å². The first-order valence-corrected chi connectivity index (χ1v) is 19.1. The van der Waals surface area contributed by atoms with E-state index >= 15 is 0 Å². The molecular formula is C52H32N4. The summed E-state index contributed by atoms with van der Waals surface area (Å²) in [6.07, 6.45) is 0. The largest absolute Gasteiger partial charge is 0.309 e. The molecule has 12 aromatic rings. The first kappa shape index (κ1) is 30.9. The van der Waals surface area contributed by atoms with E-state index in [0.717, 1.165) is 50.3 Å². The van der Waals surface area contributed by atoms with Crippen LogP contribution in [0.5, 0.6) is 0 Å². The van der Waals surface area contributed by atoms with Gasteiger partial charge in [0.15, 0.2) is 5.82 Å². The van der Waals surface area contributed by atoms with Crippen molar-refractivity contribution in [3.8, 4) is 33.9 Å². The Morgan fingerprint density at radius 1 is 0.339 bits per heavy atom. The molecule has 12 rings (SSSR count). The highest BCUT2D eigenvalue weighted by Gasteiger charge is 2.23. The van der Waals surface area contributed by atoms with Gasteiger partial charge < -0.3 is 4.57 Å². The zero-order chi connectivity index (χ0) is 36.7. The van der Waals surface area contributed by atoms with E-state index in [9.17, 15) is 0 Å². The lowest BCUT2D eigenvalue weighted by Gasteiger charge is -2.14. The molecule has 0 spiro atoms. The van der Waals surface area contributed by atoms with Crippen LogP contribution in [-0.2, 0) is 0 Å². The molecule has 0 aliphatic rings. The van der Waals surface area contributed by atoms with E-state index in [1.807, 2.05) is 12.1 Å². The van der Waals surface area contributed by atoms with Crippen LogP contribution in [0, 0.1) is 0 Å². The summed E-state index contributed by atoms with van der Waals surface area (Å²) in [4.78, 5) is 10.8. The van der Waals surface area contributed by atoms with Crippen LogP contribution < -0.4 is 0 Å². The van der Waals surface area contributed by atoms with Gasteiger partial charge in [-0.3, -0.25) is 4.57 Å². The molecule has 0 atom stereocenters. The number of rotatable bonds is 4. The Kier molecular flexibility index (Phi) is 6.60. The van der Waals surface area contributed by atoms with E-state index < -0.39 is 0 Å². The topological polar surface area (TPSA) is 35.6 Å². The van der Waals surface area contributed by atoms with Crippen LogP contribution in [0.25, 0.3) is 110 Å². The highest BCUT2D eigenvalue weighted by molar-refractivity contribution is 6.27. The Labute approximate surface area is 322 Å². The fourth-order valence-electron chi connectivity index (χ4n) is 8.96. The molecule has 0 bridgehead atoms. The van der Waals surface area contributed by atoms with Gasteiger partial charge in [0, 0.05) is 32.8 Å². The van der Waals surface area contributed by atoms with E-state index in [0.29, 0.717) is 0 Å². The van der Waals surface area contributed by atoms with Crippen molar-refractivity contribution in [1.82, 2.24) is 19.1 Å². The highest BCUT2D eigenvalue weighted by Crippen LogP contribution is 2.45. The Bertz CT molecular complexity index is 3520. The summed E-state index contributed by atoms with van der Waals surface area (Å²) < 4.78 is 4.79. The van der Waals surface area contributed by atoms with Crippen molar-refractivity contribution in [3.63, 3.8) is 0 Å². The molecule has 3 heterocycles. The molecule has 0 amide bonds. The Hall–Kier alpha value is -7.56. The number of aromatic nitrogens is 4. The molecule has 0 radical (unpaired) electrons. The van der Waals surface area contributed by atoms with Crippen LogP contribution in [0.1, 0.15) is 0 Å². The van der Waals surface area contributed by atoms with E-state index in [4.69, 9.17) is 9.97 Å². The molecule has 3 aromatic heterocycles. The van der Waals surface area contributed by atoms with E-state index in [1.165, 1.54) is 59.7 Å². The molecule has 0 saturated carbocycles. The Morgan fingerprint density at radius 3 is 1.80 bits per heavy atom. The maximum atomic E-state index is 5.46. The van der Waals surface area contributed by atoms with Gasteiger partial charge in [-0.05, 0) is 87.3 Å². The second-order valence-electron chi connectivity index (χ2n) is 14.6. The minimum absolute atomic E-state index is 0.809. The van der Waals surface area contributed by atoms with Crippen LogP contribution in [0.4, 0.5) is 0 Å². The van der Waals surface area contributed by atoms with Gasteiger partial charge >= 0.3 is 0 Å². The van der Waals surface area contributed by atoms with Crippen molar-refractivity contribution in [3.05, 3.63) is 194 Å². The monoisotopic (exact) mass is 712 g/mol. The van der Waals surface area contributed by atoms with Crippen LogP contribution >= 0.6 is 0 Å². The fraction of sp³-hybridized carbons (Fsp3) is 0. The maximum Gasteiger partial charge on any atom is 0.165 e. The summed E-state index contributed by atoms with van der Waals surface area (Å²) in [6.45, 7) is 0. The summed E-state index contributed by atoms with van der Waals surface area (Å²) in [5.74, 6) is 0.809. The Balaban J connectivity index is 1.25. The van der Waals surface area contributed by atoms with Gasteiger partial charge in [0.2, 0.25) is 0 Å². The molecule has 260 valence electrons. The number of para-hydroxylation sites is 4. The first-order chi connectivity index (χ1) is 27.8. The van der Waals surface area contributed by atoms with E-state index in [2.05, 4.69) is 191 Å². The van der Waals surface area contributed by atoms with Crippen molar-refractivity contribution < 1.29 is 0 Å². The third-order valence-corrected chi connectivity index (χ3v) is 11.5. The van der Waals surface area contributed by atoms with Crippen molar-refractivity contribution in [2.24, 2.45) is 0 Å². The van der Waals surface area contributed by atoms with Crippen LogP contribution in [0.15, 0.2) is 194 Å². The number of fused-ring (bicyclic) bond motifs is 10. The lowest BCUT2D eigenvalue weighted by atomic mass is 9.94. The normalized spacial score (nSPS) is 11.9. The number of nitrogens with zero attached hydrogens (tertiary/aromatic N) is 4. The average Bonchev–Trinajstić information content (AvgIpc) is 3.77. The third kappa shape index (κ3) is 4.53. The van der Waals surface area contributed by atoms with Crippen LogP contribution in [0.2, 0.25) is 0 Å². The van der Waals surface area contributed by atoms with Gasteiger partial charge in [-0.15, -0.1) is 0 Å². The van der Waals surface area contributed by atoms with Gasteiger partial charge in [0.1, 0.15) is 5.69 Å². The van der Waals surface area contributed by atoms with Crippen molar-refractivity contribution >= 4 is 76.2 Å². The molecule has 9 aromatic carbocycles. The standard InChI is InChI=1S/C52H32N4/c1-3-16-34(17-4-1)41-31-49-50(40-23-10-9-21-38(40)41)43-30-42-39-22-11-14-26-46(39)56(47(42)32-48(43)55(49)37-19-5-2-6-20-37)52-51(53-44-24-12-13-25-45(44)54-52)36-28-27-33-15-7-8-18-35(33)29-36/h1-32H. The second kappa shape index (κ2) is 12.0. The van der Waals surface area contributed by atoms with Gasteiger partial charge in [-0.2, -0.15) is 0 Å². The van der Waals surface area contributed by atoms with Gasteiger partial charge in [0.05, 0.1) is 33.1 Å². The highest BCUT2D eigenvalue weighted by atomic mass is 15.1. The van der Waals surface area contributed by atoms with Gasteiger partial charge in [-0.1, -0.05) is 140 Å². The summed E-state index contributed by atoms with van der Waals surface area (Å²) >= 11 is 0. The summed E-state index contributed by atoms with van der Waals surface area (Å²) in [6, 6.07) is 69.6. The summed E-state index contributed by atoms with van der Waals surface area (Å²) in [5.41, 5.74) is 11.6. The van der Waals surface area contributed by atoms with Crippen molar-refractivity contribution in [2.75, 3.05) is 0 Å². The number of hydrogen-bond donors (Lipinski definition) is 0. The van der Waals surface area contributed by atoms with Crippen LogP contribution in [-0.4, -0.2) is 19.1 Å². The molecule has 0 saturated heterocycles. The third-order valence-electron chi connectivity index (χ3n) is 11.5. The molecule has 0 N–H and O–H groups in total. The lowest BCUT2D eigenvalue weighted by Crippen LogP contribution is -2.04. The number of benzene rings is 9. The minimum atomic E-state index is 0.809. The zero-order valence-corrected chi connectivity index (χ0v) is 30.3. The average molecular weight is 713 g/mol. The SMILES string of the molecule is c1ccc(-c2cc3c(c4ccccc24)c2cc4c5ccccc5n(-c5nc6ccccc6nc5-c5ccc6ccccc6c5)c4cc2n3-c2ccccc2)cc1. The molecule has 0 aliphatic heterocycles. The van der Waals surface area contributed by atoms with E-state index in [-0.39, 0.29) is 0 Å². The minimum Gasteiger partial charge on any atom is -0.309 e. The maximum absolute atomic E-state index is 5.46. The van der Waals surface area contributed by atoms with Gasteiger partial charge in [-0.25, -0.2) is 9.97 Å². The molecule has 4 heteroatoms. The van der Waals surface area contributed by atoms with Gasteiger partial charge in [0.25, 0.3) is 0 Å². The summed E-state index contributed by atoms with van der Waals surface area (Å²) in [5, 5.41) is 9.67. The first-order valence-electron chi connectivity index (χ1n) is 19.1. The molecule has 0 unspecified atom stereocenters. The quantitative estimate of drug-likeness (QED) is 0.182. The predicted molar refractivity (Wildman–Crippen MR) is 234 cm³/mol. The molecule has 0 fully saturated rings. The molecule has 0 aliphatic carbocycles. The van der Waals surface area contributed by atoms with Crippen molar-refractivity contribution in [2.45, 2.75) is 0 Å².